The van der Waals surface area contributed by atoms with Gasteiger partial charge < -0.3 is 26.0 Å². The number of nitrogens with zero attached hydrogens (tertiary/aromatic N) is 3. The van der Waals surface area contributed by atoms with Gasteiger partial charge in [0.25, 0.3) is 11.8 Å². The Morgan fingerprint density at radius 2 is 1.73 bits per heavy atom. The molecule has 1 atom stereocenters. The summed E-state index contributed by atoms with van der Waals surface area (Å²) in [5.74, 6) is -1.98. The zero-order valence-corrected chi connectivity index (χ0v) is 26.6. The third-order valence-corrected chi connectivity index (χ3v) is 8.94. The van der Waals surface area contributed by atoms with Crippen LogP contribution in [0.2, 0.25) is 0 Å². The van der Waals surface area contributed by atoms with E-state index in [0.29, 0.717) is 55.2 Å². The molecule has 244 valence electrons. The molecule has 1 aromatic heterocycles. The largest absolute Gasteiger partial charge is 0.393 e. The summed E-state index contributed by atoms with van der Waals surface area (Å²) >= 11 is 0. The molecule has 0 unspecified atom stereocenters. The molecule has 1 saturated heterocycles. The summed E-state index contributed by atoms with van der Waals surface area (Å²) < 4.78 is 17.1. The highest BCUT2D eigenvalue weighted by atomic mass is 19.1. The maximum atomic E-state index is 15.6. The van der Waals surface area contributed by atoms with E-state index in [1.165, 1.54) is 18.3 Å². The maximum Gasteiger partial charge on any atom is 0.270 e. The summed E-state index contributed by atoms with van der Waals surface area (Å²) in [6, 6.07) is 4.94. The van der Waals surface area contributed by atoms with Crippen molar-refractivity contribution in [2.45, 2.75) is 91.3 Å². The van der Waals surface area contributed by atoms with E-state index in [2.05, 4.69) is 28.0 Å². The highest BCUT2D eigenvalue weighted by molar-refractivity contribution is 6.04. The Morgan fingerprint density at radius 1 is 1.04 bits per heavy atom. The van der Waals surface area contributed by atoms with Crippen molar-refractivity contribution >= 4 is 34.9 Å². The van der Waals surface area contributed by atoms with Crippen LogP contribution in [0.25, 0.3) is 5.57 Å². The number of benzene rings is 1. The molecule has 12 heteroatoms. The van der Waals surface area contributed by atoms with E-state index < -0.39 is 35.7 Å². The van der Waals surface area contributed by atoms with Gasteiger partial charge in [-0.05, 0) is 80.7 Å². The average molecular weight is 625 g/mol. The van der Waals surface area contributed by atoms with Crippen molar-refractivity contribution in [3.05, 3.63) is 53.2 Å². The fraction of sp³-hybridized carbons (Fsp3) is 0.545. The number of rotatable bonds is 10. The molecule has 1 aliphatic heterocycles. The number of amides is 4. The Kier molecular flexibility index (Phi) is 11.5. The molecule has 11 nitrogen and oxygen atoms in total. The highest BCUT2D eigenvalue weighted by Gasteiger charge is 2.34. The van der Waals surface area contributed by atoms with E-state index in [9.17, 15) is 24.3 Å². The zero-order chi connectivity index (χ0) is 32.7. The van der Waals surface area contributed by atoms with Gasteiger partial charge in [0.1, 0.15) is 23.3 Å². The number of piperidine rings is 1. The third kappa shape index (κ3) is 8.36. The van der Waals surface area contributed by atoms with Crippen molar-refractivity contribution in [3.8, 4) is 0 Å². The van der Waals surface area contributed by atoms with Gasteiger partial charge in [-0.15, -0.1) is 0 Å². The minimum absolute atomic E-state index is 0.0510. The van der Waals surface area contributed by atoms with Gasteiger partial charge in [-0.3, -0.25) is 23.9 Å². The molecule has 1 aliphatic carbocycles. The molecule has 4 rings (SSSR count). The smallest absolute Gasteiger partial charge is 0.270 e. The number of hydrogen-bond acceptors (Lipinski definition) is 6. The van der Waals surface area contributed by atoms with Gasteiger partial charge >= 0.3 is 0 Å². The van der Waals surface area contributed by atoms with Gasteiger partial charge in [-0.1, -0.05) is 32.8 Å². The molecular weight excluding hydrogens is 579 g/mol. The number of anilines is 1. The molecule has 2 fully saturated rings. The number of hydrogen-bond donors (Lipinski definition) is 4. The molecule has 2 aromatic rings. The number of carbonyl (C=O) groups is 4. The van der Waals surface area contributed by atoms with E-state index in [1.54, 1.807) is 35.6 Å². The molecule has 1 aromatic carbocycles. The van der Waals surface area contributed by atoms with Crippen LogP contribution in [-0.4, -0.2) is 68.7 Å². The van der Waals surface area contributed by atoms with Gasteiger partial charge in [0, 0.05) is 32.3 Å². The second-order valence-electron chi connectivity index (χ2n) is 12.1. The lowest BCUT2D eigenvalue weighted by molar-refractivity contribution is -0.131. The first-order chi connectivity index (χ1) is 21.5. The molecule has 0 bridgehead atoms. The van der Waals surface area contributed by atoms with Crippen LogP contribution in [0, 0.1) is 17.7 Å². The fourth-order valence-electron chi connectivity index (χ4n) is 5.98. The number of aryl methyl sites for hydroxylation is 1. The third-order valence-electron chi connectivity index (χ3n) is 8.94. The number of allylic oxidation sites excluding steroid dienone is 1. The maximum absolute atomic E-state index is 15.6. The van der Waals surface area contributed by atoms with Gasteiger partial charge in [-0.25, -0.2) is 4.39 Å². The Bertz CT molecular complexity index is 1420. The molecule has 2 aliphatic rings. The molecule has 0 radical (unpaired) electrons. The topological polar surface area (TPSA) is 146 Å². The molecule has 4 N–H and O–H groups in total. The molecule has 1 saturated carbocycles. The first-order valence-corrected chi connectivity index (χ1v) is 15.9. The van der Waals surface area contributed by atoms with Crippen LogP contribution in [0.15, 0.2) is 36.2 Å². The number of carbonyl (C=O) groups excluding carboxylic acids is 4. The minimum Gasteiger partial charge on any atom is -0.393 e. The first-order valence-electron chi connectivity index (χ1n) is 15.9. The van der Waals surface area contributed by atoms with Crippen molar-refractivity contribution in [1.82, 2.24) is 25.3 Å². The summed E-state index contributed by atoms with van der Waals surface area (Å²) in [6.45, 7) is 8.52. The van der Waals surface area contributed by atoms with Gasteiger partial charge in [0.05, 0.1) is 11.8 Å². The summed E-state index contributed by atoms with van der Waals surface area (Å²) in [7, 11) is 0. The van der Waals surface area contributed by atoms with Crippen molar-refractivity contribution in [3.63, 3.8) is 0 Å². The highest BCUT2D eigenvalue weighted by Crippen LogP contribution is 2.32. The molecule has 4 amide bonds. The monoisotopic (exact) mass is 624 g/mol. The number of aliphatic hydroxyl groups is 1. The van der Waals surface area contributed by atoms with Gasteiger partial charge in [0.2, 0.25) is 11.8 Å². The lowest BCUT2D eigenvalue weighted by Crippen LogP contribution is -2.49. The lowest BCUT2D eigenvalue weighted by Gasteiger charge is -2.32. The van der Waals surface area contributed by atoms with Crippen LogP contribution in [-0.2, 0) is 20.9 Å². The number of aromatic nitrogens is 2. The number of aliphatic hydroxyl groups excluding tert-OH is 1. The molecule has 2 heterocycles. The van der Waals surface area contributed by atoms with Crippen molar-refractivity contribution in [2.75, 3.05) is 18.4 Å². The summed E-state index contributed by atoms with van der Waals surface area (Å²) in [4.78, 5) is 54.1. The fourth-order valence-corrected chi connectivity index (χ4v) is 5.98. The SMILES string of the molecule is CCC(=O)N/C(C(=O)N1CCC(O)CC1)=C(\C)c1ccc(NC(=O)[C@@H](NC(=O)c2ccnn2CC)[C@H]2CC[C@H](C)CC2)c(F)c1. The zero-order valence-electron chi connectivity index (χ0n) is 26.6. The van der Waals surface area contributed by atoms with Crippen LogP contribution in [0.3, 0.4) is 0 Å². The van der Waals surface area contributed by atoms with Gasteiger partial charge in [-0.2, -0.15) is 5.10 Å². The predicted molar refractivity (Wildman–Crippen MR) is 168 cm³/mol. The van der Waals surface area contributed by atoms with Gasteiger partial charge in [0.15, 0.2) is 0 Å². The van der Waals surface area contributed by atoms with Crippen LogP contribution in [0.5, 0.6) is 0 Å². The Labute approximate surface area is 263 Å². The molecular formula is C33H45FN6O5. The van der Waals surface area contributed by atoms with E-state index in [-0.39, 0.29) is 29.6 Å². The second-order valence-corrected chi connectivity index (χ2v) is 12.1. The standard InChI is InChI=1S/C33H45FN6O5/c1-5-28(42)37-29(33(45)39-17-14-24(41)15-18-39)21(4)23-11-12-26(25(34)19-23)36-32(44)30(22-9-7-20(3)8-10-22)38-31(43)27-13-16-35-40(27)6-2/h11-13,16,19-20,22,24,30,41H,5-10,14-15,17-18H2,1-4H3,(H,36,44)(H,37,42)(H,38,43)/b29-21+/t20-,22-,30-/m0/s1. The predicted octanol–water partition coefficient (Wildman–Crippen LogP) is 3.85. The quantitative estimate of drug-likeness (QED) is 0.296. The Balaban J connectivity index is 1.57. The summed E-state index contributed by atoms with van der Waals surface area (Å²) in [5, 5.41) is 22.2. The van der Waals surface area contributed by atoms with E-state index in [4.69, 9.17) is 0 Å². The normalized spacial score (nSPS) is 20.2. The Hall–Kier alpha value is -4.06. The molecule has 45 heavy (non-hydrogen) atoms. The lowest BCUT2D eigenvalue weighted by atomic mass is 9.79. The summed E-state index contributed by atoms with van der Waals surface area (Å²) in [6.07, 6.45) is 5.46. The Morgan fingerprint density at radius 3 is 2.36 bits per heavy atom. The van der Waals surface area contributed by atoms with Crippen LogP contribution in [0.4, 0.5) is 10.1 Å². The van der Waals surface area contributed by atoms with Crippen molar-refractivity contribution < 1.29 is 28.7 Å². The summed E-state index contributed by atoms with van der Waals surface area (Å²) in [5.41, 5.74) is 1.07. The number of halogens is 1. The van der Waals surface area contributed by atoms with Crippen molar-refractivity contribution in [1.29, 1.82) is 0 Å². The van der Waals surface area contributed by atoms with E-state index in [0.717, 1.165) is 25.7 Å². The van der Waals surface area contributed by atoms with E-state index >= 15 is 4.39 Å². The van der Waals surface area contributed by atoms with Crippen LogP contribution >= 0.6 is 0 Å². The number of nitrogens with one attached hydrogen (secondary N) is 3. The minimum atomic E-state index is -0.873. The first kappa shape index (κ1) is 33.8. The number of likely N-dealkylation sites (tertiary alicyclic amines) is 1. The second kappa shape index (κ2) is 15.3. The average Bonchev–Trinajstić information content (AvgIpc) is 3.53. The van der Waals surface area contributed by atoms with Crippen molar-refractivity contribution in [2.24, 2.45) is 11.8 Å². The molecule has 0 spiro atoms. The van der Waals surface area contributed by atoms with Crippen LogP contribution in [0.1, 0.15) is 88.7 Å². The van der Waals surface area contributed by atoms with Crippen LogP contribution < -0.4 is 16.0 Å². The van der Waals surface area contributed by atoms with E-state index in [1.807, 2.05) is 6.92 Å².